The fourth-order valence-electron chi connectivity index (χ4n) is 4.66. The van der Waals surface area contributed by atoms with Gasteiger partial charge in [-0.05, 0) is 48.3 Å². The Balaban J connectivity index is 1.64. The van der Waals surface area contributed by atoms with E-state index in [0.29, 0.717) is 30.8 Å². The van der Waals surface area contributed by atoms with Gasteiger partial charge in [-0.1, -0.05) is 18.2 Å². The molecule has 2 fully saturated rings. The van der Waals surface area contributed by atoms with Crippen molar-refractivity contribution in [3.63, 3.8) is 0 Å². The Hall–Kier alpha value is -2.44. The Bertz CT molecular complexity index is 796. The van der Waals surface area contributed by atoms with Gasteiger partial charge in [0, 0.05) is 18.9 Å². The van der Waals surface area contributed by atoms with E-state index in [2.05, 4.69) is 9.97 Å². The number of likely N-dealkylation sites (tertiary alicyclic amines) is 1. The molecule has 4 rings (SSSR count). The first-order valence-corrected chi connectivity index (χ1v) is 8.63. The third kappa shape index (κ3) is 2.85. The molecule has 7 heteroatoms. The highest BCUT2D eigenvalue weighted by atomic mass is 19.4. The lowest BCUT2D eigenvalue weighted by Gasteiger charge is -2.25. The first-order chi connectivity index (χ1) is 12.5. The molecule has 26 heavy (non-hydrogen) atoms. The predicted octanol–water partition coefficient (Wildman–Crippen LogP) is 3.82. The topological polar surface area (TPSA) is 46.1 Å². The number of alkyl halides is 3. The van der Waals surface area contributed by atoms with Crippen molar-refractivity contribution < 1.29 is 18.0 Å². The highest BCUT2D eigenvalue weighted by Gasteiger charge is 2.50. The van der Waals surface area contributed by atoms with Crippen LogP contribution in [0.2, 0.25) is 0 Å². The fraction of sp³-hybridized carbons (Fsp3) is 0.421. The second-order valence-corrected chi connectivity index (χ2v) is 7.03. The number of benzene rings is 1. The van der Waals surface area contributed by atoms with Gasteiger partial charge in [0.15, 0.2) is 5.82 Å². The maximum Gasteiger partial charge on any atom is 0.416 e. The van der Waals surface area contributed by atoms with Gasteiger partial charge < -0.3 is 4.90 Å². The fourth-order valence-corrected chi connectivity index (χ4v) is 4.66. The molecule has 0 radical (unpaired) electrons. The highest BCUT2D eigenvalue weighted by Crippen LogP contribution is 2.54. The Kier molecular flexibility index (Phi) is 4.17. The summed E-state index contributed by atoms with van der Waals surface area (Å²) in [7, 11) is 0. The first kappa shape index (κ1) is 17.0. The molecule has 1 aliphatic carbocycles. The number of nitrogens with zero attached hydrogens (tertiary/aromatic N) is 3. The van der Waals surface area contributed by atoms with Crippen LogP contribution in [0.15, 0.2) is 42.7 Å². The van der Waals surface area contributed by atoms with Gasteiger partial charge in [-0.25, -0.2) is 9.97 Å². The number of halogens is 3. The number of carbonyl (C=O) groups excluding carboxylic acids is 1. The van der Waals surface area contributed by atoms with E-state index < -0.39 is 11.7 Å². The summed E-state index contributed by atoms with van der Waals surface area (Å²) >= 11 is 0. The lowest BCUT2D eigenvalue weighted by Crippen LogP contribution is -2.26. The van der Waals surface area contributed by atoms with Crippen molar-refractivity contribution in [3.05, 3.63) is 59.7 Å². The van der Waals surface area contributed by atoms with Crippen molar-refractivity contribution in [2.75, 3.05) is 6.54 Å². The van der Waals surface area contributed by atoms with Crippen LogP contribution in [0.25, 0.3) is 0 Å². The van der Waals surface area contributed by atoms with Crippen molar-refractivity contribution in [3.8, 4) is 0 Å². The maximum absolute atomic E-state index is 13.4. The Morgan fingerprint density at radius 2 is 1.81 bits per heavy atom. The minimum atomic E-state index is -4.36. The summed E-state index contributed by atoms with van der Waals surface area (Å²) in [5.41, 5.74) is -0.190. The van der Waals surface area contributed by atoms with Crippen molar-refractivity contribution in [2.24, 2.45) is 11.8 Å². The van der Waals surface area contributed by atoms with Gasteiger partial charge >= 0.3 is 6.18 Å². The summed E-state index contributed by atoms with van der Waals surface area (Å²) in [4.78, 5) is 21.7. The van der Waals surface area contributed by atoms with Crippen LogP contribution in [0.5, 0.6) is 0 Å². The van der Waals surface area contributed by atoms with Crippen LogP contribution in [0.3, 0.4) is 0 Å². The molecule has 2 aliphatic rings. The molecule has 2 heterocycles. The van der Waals surface area contributed by atoms with Crippen LogP contribution in [-0.4, -0.2) is 27.8 Å². The van der Waals surface area contributed by atoms with E-state index in [-0.39, 0.29) is 23.8 Å². The summed E-state index contributed by atoms with van der Waals surface area (Å²) in [5, 5.41) is 0. The van der Waals surface area contributed by atoms with E-state index in [4.69, 9.17) is 0 Å². The molecule has 0 bridgehead atoms. The summed E-state index contributed by atoms with van der Waals surface area (Å²) < 4.78 is 40.1. The van der Waals surface area contributed by atoms with Crippen LogP contribution in [0, 0.1) is 11.8 Å². The lowest BCUT2D eigenvalue weighted by molar-refractivity contribution is -0.138. The number of fused-ring (bicyclic) bond motifs is 1. The molecule has 1 aromatic heterocycles. The van der Waals surface area contributed by atoms with Gasteiger partial charge in [0.1, 0.15) is 0 Å². The minimum absolute atomic E-state index is 0.0777. The zero-order valence-electron chi connectivity index (χ0n) is 13.9. The molecule has 1 amide bonds. The molecule has 0 spiro atoms. The predicted molar refractivity (Wildman–Crippen MR) is 87.9 cm³/mol. The minimum Gasteiger partial charge on any atom is -0.334 e. The molecule has 4 atom stereocenters. The smallest absolute Gasteiger partial charge is 0.334 e. The Morgan fingerprint density at radius 1 is 1.08 bits per heavy atom. The SMILES string of the molecule is O=CN1C[C@@H]2C[C@@H](c3ccccc3C(F)(F)F)C[C@@H]2C1c1ncccn1. The second kappa shape index (κ2) is 6.37. The summed E-state index contributed by atoms with van der Waals surface area (Å²) in [6, 6.07) is 7.27. The third-order valence-corrected chi connectivity index (χ3v) is 5.65. The molecule has 1 aliphatic heterocycles. The lowest BCUT2D eigenvalue weighted by atomic mass is 9.90. The van der Waals surface area contributed by atoms with Gasteiger partial charge in [0.25, 0.3) is 0 Å². The van der Waals surface area contributed by atoms with E-state index in [9.17, 15) is 18.0 Å². The third-order valence-electron chi connectivity index (χ3n) is 5.65. The normalized spacial score (nSPS) is 28.2. The van der Waals surface area contributed by atoms with Gasteiger partial charge in [-0.15, -0.1) is 0 Å². The number of amides is 1. The molecule has 1 unspecified atom stereocenters. The standard InChI is InChI=1S/C19H18F3N3O/c20-19(21,22)16-5-2-1-4-14(16)12-8-13-10-25(11-26)17(15(13)9-12)18-23-6-3-7-24-18/h1-7,11-13,15,17H,8-10H2/t12-,13+,15+,17?/m1/s1. The van der Waals surface area contributed by atoms with Crippen LogP contribution >= 0.6 is 0 Å². The zero-order chi connectivity index (χ0) is 18.3. The molecular formula is C19H18F3N3O. The Labute approximate surface area is 149 Å². The quantitative estimate of drug-likeness (QED) is 0.781. The van der Waals surface area contributed by atoms with Crippen molar-refractivity contribution in [1.29, 1.82) is 0 Å². The first-order valence-electron chi connectivity index (χ1n) is 8.63. The number of aromatic nitrogens is 2. The molecular weight excluding hydrogens is 343 g/mol. The van der Waals surface area contributed by atoms with Gasteiger partial charge in [-0.2, -0.15) is 13.2 Å². The molecule has 0 N–H and O–H groups in total. The van der Waals surface area contributed by atoms with E-state index in [1.165, 1.54) is 6.07 Å². The molecule has 1 saturated carbocycles. The number of carbonyl (C=O) groups is 1. The van der Waals surface area contributed by atoms with Gasteiger partial charge in [0.2, 0.25) is 6.41 Å². The molecule has 1 saturated heterocycles. The zero-order valence-corrected chi connectivity index (χ0v) is 13.9. The number of hydrogen-bond acceptors (Lipinski definition) is 3. The number of rotatable bonds is 3. The summed E-state index contributed by atoms with van der Waals surface area (Å²) in [6.07, 6.45) is 0.952. The van der Waals surface area contributed by atoms with Gasteiger partial charge in [0.05, 0.1) is 11.6 Å². The largest absolute Gasteiger partial charge is 0.416 e. The molecule has 2 aromatic rings. The van der Waals surface area contributed by atoms with Crippen molar-refractivity contribution >= 4 is 6.41 Å². The molecule has 4 nitrogen and oxygen atoms in total. The average Bonchev–Trinajstić information content (AvgIpc) is 3.19. The Morgan fingerprint density at radius 3 is 2.50 bits per heavy atom. The van der Waals surface area contributed by atoms with Gasteiger partial charge in [-0.3, -0.25) is 4.79 Å². The van der Waals surface area contributed by atoms with Crippen molar-refractivity contribution in [1.82, 2.24) is 14.9 Å². The van der Waals surface area contributed by atoms with E-state index in [1.54, 1.807) is 35.5 Å². The number of hydrogen-bond donors (Lipinski definition) is 0. The van der Waals surface area contributed by atoms with E-state index in [1.807, 2.05) is 0 Å². The van der Waals surface area contributed by atoms with Crippen LogP contribution in [0.4, 0.5) is 13.2 Å². The highest BCUT2D eigenvalue weighted by molar-refractivity contribution is 5.50. The van der Waals surface area contributed by atoms with E-state index >= 15 is 0 Å². The van der Waals surface area contributed by atoms with Crippen LogP contribution in [0.1, 0.15) is 41.8 Å². The van der Waals surface area contributed by atoms with Crippen molar-refractivity contribution in [2.45, 2.75) is 31.0 Å². The summed E-state index contributed by atoms with van der Waals surface area (Å²) in [5.74, 6) is 0.647. The average molecular weight is 361 g/mol. The monoisotopic (exact) mass is 361 g/mol. The van der Waals surface area contributed by atoms with Crippen LogP contribution < -0.4 is 0 Å². The second-order valence-electron chi connectivity index (χ2n) is 7.03. The van der Waals surface area contributed by atoms with Crippen LogP contribution in [-0.2, 0) is 11.0 Å². The molecule has 1 aromatic carbocycles. The molecule has 136 valence electrons. The maximum atomic E-state index is 13.4. The van der Waals surface area contributed by atoms with E-state index in [0.717, 1.165) is 12.5 Å². The summed E-state index contributed by atoms with van der Waals surface area (Å²) in [6.45, 7) is 0.543.